The number of carboxylic acid groups (broad SMARTS) is 1. The number of hydrogen-bond acceptors (Lipinski definition) is 5. The average molecular weight is 395 g/mol. The second-order valence-corrected chi connectivity index (χ2v) is 6.89. The lowest BCUT2D eigenvalue weighted by molar-refractivity contribution is -0.138. The molecular weight excluding hydrogens is 374 g/mol. The van der Waals surface area contributed by atoms with Gasteiger partial charge in [-0.2, -0.15) is 5.10 Å². The summed E-state index contributed by atoms with van der Waals surface area (Å²) in [5.41, 5.74) is 2.75. The molecule has 29 heavy (non-hydrogen) atoms. The fraction of sp³-hybridized carbons (Fsp3) is 0.286. The molecule has 0 aliphatic carbocycles. The van der Waals surface area contributed by atoms with Crippen molar-refractivity contribution in [1.29, 1.82) is 0 Å². The Labute approximate surface area is 167 Å². The van der Waals surface area contributed by atoms with E-state index in [1.165, 1.54) is 7.11 Å². The van der Waals surface area contributed by atoms with Crippen LogP contribution in [0.5, 0.6) is 11.5 Å². The van der Waals surface area contributed by atoms with Crippen LogP contribution in [-0.4, -0.2) is 52.8 Å². The van der Waals surface area contributed by atoms with Crippen LogP contribution >= 0.6 is 0 Å². The van der Waals surface area contributed by atoms with Crippen LogP contribution in [0.15, 0.2) is 36.4 Å². The van der Waals surface area contributed by atoms with Gasteiger partial charge in [-0.05, 0) is 35.7 Å². The van der Waals surface area contributed by atoms with Gasteiger partial charge in [0.2, 0.25) is 0 Å². The molecular formula is C21H21N3O5. The molecule has 0 unspecified atom stereocenters. The summed E-state index contributed by atoms with van der Waals surface area (Å²) < 4.78 is 10.8. The van der Waals surface area contributed by atoms with Crippen molar-refractivity contribution >= 4 is 22.8 Å². The molecule has 1 aromatic heterocycles. The third kappa shape index (κ3) is 3.26. The zero-order valence-electron chi connectivity index (χ0n) is 16.1. The first kappa shape index (κ1) is 18.8. The molecule has 1 atom stereocenters. The van der Waals surface area contributed by atoms with Crippen molar-refractivity contribution < 1.29 is 24.2 Å². The zero-order valence-corrected chi connectivity index (χ0v) is 16.1. The predicted molar refractivity (Wildman–Crippen MR) is 105 cm³/mol. The van der Waals surface area contributed by atoms with Gasteiger partial charge in [0, 0.05) is 11.9 Å². The molecule has 0 saturated carbocycles. The quantitative estimate of drug-likeness (QED) is 0.688. The molecule has 2 N–H and O–H groups in total. The maximum absolute atomic E-state index is 13.3. The van der Waals surface area contributed by atoms with Crippen molar-refractivity contribution in [3.8, 4) is 11.5 Å². The van der Waals surface area contributed by atoms with Crippen molar-refractivity contribution in [2.45, 2.75) is 18.9 Å². The maximum atomic E-state index is 13.3. The number of para-hydroxylation sites is 1. The van der Waals surface area contributed by atoms with Gasteiger partial charge in [-0.1, -0.05) is 18.2 Å². The molecule has 1 aliphatic heterocycles. The topological polar surface area (TPSA) is 105 Å². The second kappa shape index (κ2) is 7.46. The number of aromatic amines is 1. The van der Waals surface area contributed by atoms with Crippen LogP contribution in [0, 0.1) is 0 Å². The van der Waals surface area contributed by atoms with E-state index in [2.05, 4.69) is 10.2 Å². The number of aliphatic carboxylic acids is 1. The van der Waals surface area contributed by atoms with Gasteiger partial charge in [0.05, 0.1) is 32.2 Å². The zero-order chi connectivity index (χ0) is 20.5. The lowest BCUT2D eigenvalue weighted by Gasteiger charge is -2.36. The van der Waals surface area contributed by atoms with E-state index in [0.717, 1.165) is 16.6 Å². The van der Waals surface area contributed by atoms with E-state index in [9.17, 15) is 14.7 Å². The number of H-pyrrole nitrogens is 1. The van der Waals surface area contributed by atoms with Crippen molar-refractivity contribution in [2.75, 3.05) is 20.8 Å². The Morgan fingerprint density at radius 1 is 1.21 bits per heavy atom. The summed E-state index contributed by atoms with van der Waals surface area (Å²) in [4.78, 5) is 26.5. The summed E-state index contributed by atoms with van der Waals surface area (Å²) in [5.74, 6) is -0.198. The molecule has 0 radical (unpaired) electrons. The first-order chi connectivity index (χ1) is 14.0. The smallest absolute Gasteiger partial charge is 0.305 e. The van der Waals surface area contributed by atoms with Gasteiger partial charge in [-0.15, -0.1) is 0 Å². The fourth-order valence-electron chi connectivity index (χ4n) is 3.92. The van der Waals surface area contributed by atoms with Crippen molar-refractivity contribution in [2.24, 2.45) is 0 Å². The van der Waals surface area contributed by atoms with E-state index in [1.54, 1.807) is 18.1 Å². The molecule has 8 heteroatoms. The third-order valence-electron chi connectivity index (χ3n) is 5.30. The summed E-state index contributed by atoms with van der Waals surface area (Å²) >= 11 is 0. The Morgan fingerprint density at radius 2 is 1.93 bits per heavy atom. The fourth-order valence-corrected chi connectivity index (χ4v) is 3.92. The number of carbonyl (C=O) groups is 2. The van der Waals surface area contributed by atoms with Crippen LogP contribution in [0.3, 0.4) is 0 Å². The summed E-state index contributed by atoms with van der Waals surface area (Å²) in [5, 5.41) is 17.3. The highest BCUT2D eigenvalue weighted by Crippen LogP contribution is 2.40. The Morgan fingerprint density at radius 3 is 2.66 bits per heavy atom. The van der Waals surface area contributed by atoms with E-state index in [4.69, 9.17) is 9.47 Å². The van der Waals surface area contributed by atoms with E-state index >= 15 is 0 Å². The Kier molecular flexibility index (Phi) is 4.84. The van der Waals surface area contributed by atoms with Crippen LogP contribution in [0.25, 0.3) is 10.9 Å². The lowest BCUT2D eigenvalue weighted by atomic mass is 9.89. The molecule has 8 nitrogen and oxygen atoms in total. The summed E-state index contributed by atoms with van der Waals surface area (Å²) in [6.07, 6.45) is 0.372. The number of carboxylic acids is 1. The van der Waals surface area contributed by atoms with Crippen LogP contribution in [0.2, 0.25) is 0 Å². The second-order valence-electron chi connectivity index (χ2n) is 6.89. The van der Waals surface area contributed by atoms with Crippen LogP contribution in [0.1, 0.15) is 34.1 Å². The van der Waals surface area contributed by atoms with Crippen LogP contribution < -0.4 is 9.47 Å². The minimum Gasteiger partial charge on any atom is -0.493 e. The summed E-state index contributed by atoms with van der Waals surface area (Å²) in [6.45, 7) is 0.389. The van der Waals surface area contributed by atoms with Crippen LogP contribution in [0.4, 0.5) is 0 Å². The molecule has 0 bridgehead atoms. The maximum Gasteiger partial charge on any atom is 0.305 e. The minimum atomic E-state index is -0.984. The number of benzene rings is 2. The third-order valence-corrected chi connectivity index (χ3v) is 5.30. The van der Waals surface area contributed by atoms with Gasteiger partial charge in [0.25, 0.3) is 5.91 Å². The highest BCUT2D eigenvalue weighted by molar-refractivity contribution is 6.05. The highest BCUT2D eigenvalue weighted by Gasteiger charge is 2.35. The van der Waals surface area contributed by atoms with Crippen molar-refractivity contribution in [3.63, 3.8) is 0 Å². The number of amides is 1. The molecule has 2 heterocycles. The molecule has 0 spiro atoms. The Hall–Kier alpha value is -3.55. The molecule has 2 aromatic carbocycles. The molecule has 1 aliphatic rings. The number of ether oxygens (including phenoxy) is 2. The van der Waals surface area contributed by atoms with Crippen LogP contribution in [-0.2, 0) is 11.2 Å². The summed E-state index contributed by atoms with van der Waals surface area (Å²) in [6, 6.07) is 10.4. The molecule has 150 valence electrons. The Balaban J connectivity index is 1.78. The van der Waals surface area contributed by atoms with Gasteiger partial charge < -0.3 is 19.5 Å². The molecule has 1 amide bonds. The monoisotopic (exact) mass is 395 g/mol. The average Bonchev–Trinajstić information content (AvgIpc) is 3.16. The number of aromatic nitrogens is 2. The van der Waals surface area contributed by atoms with Crippen molar-refractivity contribution in [1.82, 2.24) is 15.1 Å². The largest absolute Gasteiger partial charge is 0.493 e. The van der Waals surface area contributed by atoms with Gasteiger partial charge in [-0.3, -0.25) is 14.7 Å². The molecule has 0 saturated heterocycles. The number of rotatable bonds is 5. The molecule has 0 fully saturated rings. The summed E-state index contributed by atoms with van der Waals surface area (Å²) in [7, 11) is 3.08. The van der Waals surface area contributed by atoms with E-state index in [1.807, 2.05) is 30.3 Å². The van der Waals surface area contributed by atoms with Gasteiger partial charge in [0.15, 0.2) is 17.2 Å². The van der Waals surface area contributed by atoms with Gasteiger partial charge in [0.1, 0.15) is 0 Å². The van der Waals surface area contributed by atoms with Gasteiger partial charge >= 0.3 is 5.97 Å². The number of hydrogen-bond donors (Lipinski definition) is 2. The molecule has 4 rings (SSSR count). The molecule has 3 aromatic rings. The van der Waals surface area contributed by atoms with E-state index in [0.29, 0.717) is 35.5 Å². The standard InChI is InChI=1S/C21H21N3O5/c1-28-17-9-12-7-8-24(16(11-19(25)26)14(12)10-18(17)29-2)21(27)20-13-5-3-4-6-15(13)22-23-20/h3-6,9-10,16H,7-8,11H2,1-2H3,(H,22,23)(H,25,26)/t16-/m0/s1. The SMILES string of the molecule is COc1cc2c(cc1OC)[C@H](CC(=O)O)N(C(=O)c1n[nH]c3ccccc13)CC2. The number of nitrogens with one attached hydrogen (secondary N) is 1. The Bertz CT molecular complexity index is 1090. The number of methoxy groups -OCH3 is 2. The normalized spacial score (nSPS) is 15.8. The van der Waals surface area contributed by atoms with E-state index in [-0.39, 0.29) is 12.3 Å². The first-order valence-corrected chi connectivity index (χ1v) is 9.24. The van der Waals surface area contributed by atoms with E-state index < -0.39 is 12.0 Å². The lowest BCUT2D eigenvalue weighted by Crippen LogP contribution is -2.41. The number of nitrogens with zero attached hydrogens (tertiary/aromatic N) is 2. The number of fused-ring (bicyclic) bond motifs is 2. The highest BCUT2D eigenvalue weighted by atomic mass is 16.5. The number of carbonyl (C=O) groups excluding carboxylic acids is 1. The van der Waals surface area contributed by atoms with Crippen molar-refractivity contribution in [3.05, 3.63) is 53.2 Å². The first-order valence-electron chi connectivity index (χ1n) is 9.24. The predicted octanol–water partition coefficient (Wildman–Crippen LogP) is 2.79. The van der Waals surface area contributed by atoms with Gasteiger partial charge in [-0.25, -0.2) is 0 Å². The minimum absolute atomic E-state index is 0.212.